The van der Waals surface area contributed by atoms with E-state index >= 15 is 0 Å². The third-order valence-corrected chi connectivity index (χ3v) is 5.46. The van der Waals surface area contributed by atoms with Crippen molar-refractivity contribution in [2.45, 2.75) is 4.90 Å². The first kappa shape index (κ1) is 15.8. The number of hydrogen-bond acceptors (Lipinski definition) is 6. The second-order valence-electron chi connectivity index (χ2n) is 5.30. The van der Waals surface area contributed by atoms with Crippen LogP contribution in [0.2, 0.25) is 0 Å². The smallest absolute Gasteiger partial charge is 0.282 e. The van der Waals surface area contributed by atoms with Gasteiger partial charge in [0.15, 0.2) is 0 Å². The molecule has 6 nitrogen and oxygen atoms in total. The Morgan fingerprint density at radius 2 is 1.88 bits per heavy atom. The van der Waals surface area contributed by atoms with Crippen molar-refractivity contribution in [1.82, 2.24) is 9.97 Å². The van der Waals surface area contributed by atoms with Gasteiger partial charge >= 0.3 is 0 Å². The Kier molecular flexibility index (Phi) is 3.79. The number of benzene rings is 2. The van der Waals surface area contributed by atoms with Crippen molar-refractivity contribution in [3.05, 3.63) is 66.3 Å². The van der Waals surface area contributed by atoms with E-state index in [9.17, 15) is 8.42 Å². The molecule has 0 saturated carbocycles. The molecule has 2 heterocycles. The maximum absolute atomic E-state index is 11.2. The second kappa shape index (κ2) is 5.99. The minimum Gasteiger partial charge on any atom is -0.282 e. The van der Waals surface area contributed by atoms with Crippen molar-refractivity contribution in [1.29, 1.82) is 0 Å². The minimum atomic E-state index is -4.31. The number of fused-ring (bicyclic) bond motifs is 2. The fourth-order valence-corrected chi connectivity index (χ4v) is 3.85. The molecule has 1 aromatic carbocycles. The minimum absolute atomic E-state index is 0.287. The first-order chi connectivity index (χ1) is 12.0. The predicted molar refractivity (Wildman–Crippen MR) is 95.5 cm³/mol. The van der Waals surface area contributed by atoms with Gasteiger partial charge in [-0.15, -0.1) is 11.3 Å². The summed E-state index contributed by atoms with van der Waals surface area (Å²) in [6, 6.07) is 14.7. The molecule has 0 atom stereocenters. The number of rotatable bonds is 2. The van der Waals surface area contributed by atoms with Gasteiger partial charge in [-0.25, -0.2) is 9.98 Å². The molecule has 0 fully saturated rings. The van der Waals surface area contributed by atoms with Gasteiger partial charge in [0.1, 0.15) is 4.90 Å². The van der Waals surface area contributed by atoms with E-state index in [0.29, 0.717) is 11.0 Å². The standard InChI is InChI=1S/C17H11N3O3S2/c21-25(22,23)13-7-12(9-18-10-13)19-11-5-6-15-17(8-11)24-16-4-2-1-3-14(16)20-15/h1-10H,(H,21,22,23). The molecule has 0 unspecified atom stereocenters. The van der Waals surface area contributed by atoms with Gasteiger partial charge in [-0.05, 0) is 36.4 Å². The molecule has 0 saturated heterocycles. The van der Waals surface area contributed by atoms with Crippen LogP contribution >= 0.6 is 11.3 Å². The average molecular weight is 369 g/mol. The molecule has 2 aliphatic rings. The van der Waals surface area contributed by atoms with Crippen LogP contribution in [0.4, 0.5) is 5.69 Å². The van der Waals surface area contributed by atoms with Crippen molar-refractivity contribution >= 4 is 37.4 Å². The largest absolute Gasteiger partial charge is 0.296 e. The third kappa shape index (κ3) is 3.27. The van der Waals surface area contributed by atoms with Crippen molar-refractivity contribution in [3.8, 4) is 10.6 Å². The average Bonchev–Trinajstić information content (AvgIpc) is 2.59. The van der Waals surface area contributed by atoms with Gasteiger partial charge in [0.25, 0.3) is 10.1 Å². The number of hydrogen-bond donors (Lipinski definition) is 1. The van der Waals surface area contributed by atoms with E-state index in [1.54, 1.807) is 17.4 Å². The zero-order valence-corrected chi connectivity index (χ0v) is 14.3. The highest BCUT2D eigenvalue weighted by Gasteiger charge is 2.10. The molecule has 0 radical (unpaired) electrons. The van der Waals surface area contributed by atoms with E-state index in [0.717, 1.165) is 27.0 Å². The van der Waals surface area contributed by atoms with Gasteiger partial charge in [-0.1, -0.05) is 12.1 Å². The second-order valence-corrected chi connectivity index (χ2v) is 7.80. The molecule has 2 aromatic rings. The highest BCUT2D eigenvalue weighted by atomic mass is 32.2. The summed E-state index contributed by atoms with van der Waals surface area (Å²) in [6.45, 7) is 0. The zero-order valence-electron chi connectivity index (χ0n) is 12.7. The van der Waals surface area contributed by atoms with E-state index in [1.165, 1.54) is 12.3 Å². The summed E-state index contributed by atoms with van der Waals surface area (Å²) in [4.78, 5) is 13.5. The lowest BCUT2D eigenvalue weighted by atomic mass is 10.2. The van der Waals surface area contributed by atoms with Gasteiger partial charge in [0.05, 0.1) is 38.0 Å². The Morgan fingerprint density at radius 1 is 1.04 bits per heavy atom. The molecule has 0 amide bonds. The Labute approximate surface area is 147 Å². The summed E-state index contributed by atoms with van der Waals surface area (Å²) in [5.74, 6) is 0. The highest BCUT2D eigenvalue weighted by Crippen LogP contribution is 2.29. The van der Waals surface area contributed by atoms with E-state index < -0.39 is 10.1 Å². The van der Waals surface area contributed by atoms with E-state index in [4.69, 9.17) is 4.55 Å². The molecule has 4 rings (SSSR count). The molecule has 1 aliphatic carbocycles. The number of para-hydroxylation sites is 1. The lowest BCUT2D eigenvalue weighted by molar-refractivity contribution is 0.483. The molecule has 1 aromatic heterocycles. The zero-order chi connectivity index (χ0) is 17.4. The Hall–Kier alpha value is -2.68. The Bertz CT molecular complexity index is 1230. The van der Waals surface area contributed by atoms with Crippen LogP contribution in [0.25, 0.3) is 20.8 Å². The van der Waals surface area contributed by atoms with Crippen molar-refractivity contribution in [2.24, 2.45) is 4.99 Å². The molecule has 0 bridgehead atoms. The van der Waals surface area contributed by atoms with Gasteiger partial charge < -0.3 is 0 Å². The first-order valence-corrected chi connectivity index (χ1v) is 9.52. The van der Waals surface area contributed by atoms with Crippen LogP contribution in [-0.2, 0) is 10.1 Å². The van der Waals surface area contributed by atoms with Crippen LogP contribution in [0, 0.1) is 0 Å². The van der Waals surface area contributed by atoms with Crippen molar-refractivity contribution in [2.75, 3.05) is 0 Å². The normalized spacial score (nSPS) is 12.8. The summed E-state index contributed by atoms with van der Waals surface area (Å²) in [7, 11) is -4.31. The SMILES string of the molecule is O=S(=O)(O)c1cncc(N=c2ccc3nc4ccccc4sc-3c2)c1. The van der Waals surface area contributed by atoms with Crippen LogP contribution in [0.15, 0.2) is 70.8 Å². The lowest BCUT2D eigenvalue weighted by Crippen LogP contribution is -2.02. The van der Waals surface area contributed by atoms with E-state index in [-0.39, 0.29) is 4.90 Å². The van der Waals surface area contributed by atoms with E-state index in [2.05, 4.69) is 15.0 Å². The summed E-state index contributed by atoms with van der Waals surface area (Å²) >= 11 is 1.61. The topological polar surface area (TPSA) is 92.5 Å². The number of nitrogens with zero attached hydrogens (tertiary/aromatic N) is 3. The Morgan fingerprint density at radius 3 is 2.72 bits per heavy atom. The van der Waals surface area contributed by atoms with Crippen LogP contribution in [0.1, 0.15) is 0 Å². The third-order valence-electron chi connectivity index (χ3n) is 3.52. The number of aromatic nitrogens is 2. The van der Waals surface area contributed by atoms with Crippen LogP contribution in [-0.4, -0.2) is 22.9 Å². The number of pyridine rings is 1. The maximum atomic E-state index is 11.2. The fourth-order valence-electron chi connectivity index (χ4n) is 2.39. The van der Waals surface area contributed by atoms with Gasteiger partial charge in [-0.2, -0.15) is 8.42 Å². The quantitative estimate of drug-likeness (QED) is 0.432. The monoisotopic (exact) mass is 369 g/mol. The first-order valence-electron chi connectivity index (χ1n) is 7.26. The molecule has 1 N–H and O–H groups in total. The molecular weight excluding hydrogens is 358 g/mol. The lowest BCUT2D eigenvalue weighted by Gasteiger charge is -2.05. The summed E-state index contributed by atoms with van der Waals surface area (Å²) in [6.07, 6.45) is 2.51. The molecule has 25 heavy (non-hydrogen) atoms. The summed E-state index contributed by atoms with van der Waals surface area (Å²) in [5.41, 5.74) is 2.15. The van der Waals surface area contributed by atoms with E-state index in [1.807, 2.05) is 36.4 Å². The Balaban J connectivity index is 1.86. The predicted octanol–water partition coefficient (Wildman–Crippen LogP) is 3.28. The molecule has 8 heteroatoms. The maximum Gasteiger partial charge on any atom is 0.296 e. The van der Waals surface area contributed by atoms with Crippen LogP contribution in [0.3, 0.4) is 0 Å². The van der Waals surface area contributed by atoms with Gasteiger partial charge in [-0.3, -0.25) is 9.54 Å². The molecule has 1 aliphatic heterocycles. The summed E-state index contributed by atoms with van der Waals surface area (Å²) in [5, 5.41) is 0.648. The molecule has 124 valence electrons. The van der Waals surface area contributed by atoms with Crippen molar-refractivity contribution in [3.63, 3.8) is 0 Å². The van der Waals surface area contributed by atoms with Crippen LogP contribution in [0.5, 0.6) is 0 Å². The van der Waals surface area contributed by atoms with Gasteiger partial charge in [0, 0.05) is 6.20 Å². The van der Waals surface area contributed by atoms with Crippen LogP contribution < -0.4 is 5.36 Å². The highest BCUT2D eigenvalue weighted by molar-refractivity contribution is 7.85. The fraction of sp³-hybridized carbons (Fsp3) is 0. The van der Waals surface area contributed by atoms with Gasteiger partial charge in [0.2, 0.25) is 0 Å². The molecular formula is C17H11N3O3S2. The summed E-state index contributed by atoms with van der Waals surface area (Å²) < 4.78 is 32.6. The van der Waals surface area contributed by atoms with Crippen molar-refractivity contribution < 1.29 is 13.0 Å². The molecule has 0 spiro atoms.